The number of aromatic nitrogens is 3. The highest BCUT2D eigenvalue weighted by molar-refractivity contribution is 5.15. The first-order valence-electron chi connectivity index (χ1n) is 5.38. The zero-order chi connectivity index (χ0) is 11.4. The molecule has 0 aliphatic carbocycles. The van der Waals surface area contributed by atoms with Gasteiger partial charge in [0.15, 0.2) is 5.82 Å². The van der Waals surface area contributed by atoms with Gasteiger partial charge < -0.3 is 11.5 Å². The third-order valence-electron chi connectivity index (χ3n) is 2.45. The number of anilines is 1. The number of nitrogen functional groups attached to an aromatic ring is 1. The highest BCUT2D eigenvalue weighted by Gasteiger charge is 2.13. The van der Waals surface area contributed by atoms with Crippen LogP contribution in [0.1, 0.15) is 26.1 Å². The molecule has 0 bridgehead atoms. The van der Waals surface area contributed by atoms with E-state index in [1.807, 2.05) is 0 Å². The monoisotopic (exact) mass is 211 g/mol. The molecule has 1 rings (SSSR count). The molecule has 0 radical (unpaired) electrons. The van der Waals surface area contributed by atoms with Crippen molar-refractivity contribution in [1.82, 2.24) is 14.8 Å². The minimum Gasteiger partial charge on any atom is -0.368 e. The van der Waals surface area contributed by atoms with E-state index in [0.29, 0.717) is 24.3 Å². The Labute approximate surface area is 90.9 Å². The minimum absolute atomic E-state index is 0.451. The van der Waals surface area contributed by atoms with E-state index in [2.05, 4.69) is 23.9 Å². The van der Waals surface area contributed by atoms with Crippen molar-refractivity contribution in [3.05, 3.63) is 5.82 Å². The molecule has 0 spiro atoms. The van der Waals surface area contributed by atoms with E-state index in [1.165, 1.54) is 0 Å². The molecule has 4 N–H and O–H groups in total. The van der Waals surface area contributed by atoms with Gasteiger partial charge in [-0.3, -0.25) is 0 Å². The summed E-state index contributed by atoms with van der Waals surface area (Å²) in [5.74, 6) is 2.36. The summed E-state index contributed by atoms with van der Waals surface area (Å²) in [5.41, 5.74) is 11.3. The second kappa shape index (κ2) is 5.11. The summed E-state index contributed by atoms with van der Waals surface area (Å²) in [7, 11) is 1.80. The molecule has 5 nitrogen and oxygen atoms in total. The van der Waals surface area contributed by atoms with Gasteiger partial charge in [-0.1, -0.05) is 13.8 Å². The molecular formula is C10H21N5. The van der Waals surface area contributed by atoms with Gasteiger partial charge >= 0.3 is 0 Å². The third kappa shape index (κ3) is 3.51. The van der Waals surface area contributed by atoms with E-state index in [4.69, 9.17) is 11.5 Å². The number of nitrogens with zero attached hydrogens (tertiary/aromatic N) is 3. The molecule has 0 amide bonds. The lowest BCUT2D eigenvalue weighted by Gasteiger charge is -2.14. The first-order chi connectivity index (χ1) is 7.02. The number of nitrogens with two attached hydrogens (primary N) is 2. The maximum atomic E-state index is 5.72. The molecule has 15 heavy (non-hydrogen) atoms. The van der Waals surface area contributed by atoms with Gasteiger partial charge in [0.25, 0.3) is 0 Å². The molecule has 1 atom stereocenters. The van der Waals surface area contributed by atoms with Gasteiger partial charge in [0.1, 0.15) is 0 Å². The maximum Gasteiger partial charge on any atom is 0.218 e. The van der Waals surface area contributed by atoms with Gasteiger partial charge in [-0.15, -0.1) is 0 Å². The SMILES string of the molecule is CC(C)C[C@H](CN)Cc1nc(N)n(C)n1. The van der Waals surface area contributed by atoms with Gasteiger partial charge in [0.2, 0.25) is 5.95 Å². The van der Waals surface area contributed by atoms with Crippen molar-refractivity contribution in [3.63, 3.8) is 0 Å². The average Bonchev–Trinajstić information content (AvgIpc) is 2.44. The Kier molecular flexibility index (Phi) is 4.08. The predicted octanol–water partition coefficient (Wildman–Crippen LogP) is 0.561. The zero-order valence-electron chi connectivity index (χ0n) is 9.77. The Bertz CT molecular complexity index is 285. The summed E-state index contributed by atoms with van der Waals surface area (Å²) in [6, 6.07) is 0. The van der Waals surface area contributed by atoms with Crippen LogP contribution in [-0.4, -0.2) is 21.3 Å². The van der Waals surface area contributed by atoms with Crippen molar-refractivity contribution >= 4 is 5.95 Å². The Morgan fingerprint density at radius 2 is 2.07 bits per heavy atom. The second-order valence-corrected chi connectivity index (χ2v) is 4.45. The van der Waals surface area contributed by atoms with E-state index < -0.39 is 0 Å². The van der Waals surface area contributed by atoms with Gasteiger partial charge in [-0.2, -0.15) is 10.1 Å². The summed E-state index contributed by atoms with van der Waals surface area (Å²) in [4.78, 5) is 4.18. The lowest BCUT2D eigenvalue weighted by Crippen LogP contribution is -2.19. The molecule has 1 heterocycles. The van der Waals surface area contributed by atoms with Crippen LogP contribution in [0, 0.1) is 11.8 Å². The first-order valence-corrected chi connectivity index (χ1v) is 5.38. The van der Waals surface area contributed by atoms with Gasteiger partial charge in [0.05, 0.1) is 0 Å². The number of rotatable bonds is 5. The molecule has 0 aliphatic rings. The Morgan fingerprint density at radius 3 is 2.47 bits per heavy atom. The van der Waals surface area contributed by atoms with Crippen LogP contribution >= 0.6 is 0 Å². The Hall–Kier alpha value is -1.10. The van der Waals surface area contributed by atoms with Crippen molar-refractivity contribution in [1.29, 1.82) is 0 Å². The second-order valence-electron chi connectivity index (χ2n) is 4.45. The number of hydrogen-bond acceptors (Lipinski definition) is 4. The molecule has 0 aliphatic heterocycles. The fraction of sp³-hybridized carbons (Fsp3) is 0.800. The minimum atomic E-state index is 0.451. The fourth-order valence-electron chi connectivity index (χ4n) is 1.73. The maximum absolute atomic E-state index is 5.72. The van der Waals surface area contributed by atoms with Crippen LogP contribution in [0.4, 0.5) is 5.95 Å². The largest absolute Gasteiger partial charge is 0.368 e. The summed E-state index contributed by atoms with van der Waals surface area (Å²) < 4.78 is 1.60. The highest BCUT2D eigenvalue weighted by atomic mass is 15.4. The van der Waals surface area contributed by atoms with E-state index in [0.717, 1.165) is 18.7 Å². The van der Waals surface area contributed by atoms with Gasteiger partial charge in [-0.25, -0.2) is 4.68 Å². The van der Waals surface area contributed by atoms with Crippen LogP contribution in [0.15, 0.2) is 0 Å². The number of aryl methyl sites for hydroxylation is 1. The molecule has 5 heteroatoms. The quantitative estimate of drug-likeness (QED) is 0.745. The Balaban J connectivity index is 2.58. The lowest BCUT2D eigenvalue weighted by atomic mass is 9.94. The van der Waals surface area contributed by atoms with Crippen LogP contribution in [0.3, 0.4) is 0 Å². The molecular weight excluding hydrogens is 190 g/mol. The molecule has 1 aromatic heterocycles. The topological polar surface area (TPSA) is 82.7 Å². The van der Waals surface area contributed by atoms with Crippen LogP contribution in [0.25, 0.3) is 0 Å². The van der Waals surface area contributed by atoms with E-state index >= 15 is 0 Å². The van der Waals surface area contributed by atoms with Crippen LogP contribution < -0.4 is 11.5 Å². The summed E-state index contributed by atoms with van der Waals surface area (Å²) in [5, 5.41) is 4.23. The standard InChI is InChI=1S/C10H21N5/c1-7(2)4-8(6-11)5-9-13-10(12)15(3)14-9/h7-8H,4-6,11H2,1-3H3,(H2,12,13,14)/t8-/m0/s1. The average molecular weight is 211 g/mol. The van der Waals surface area contributed by atoms with E-state index in [1.54, 1.807) is 11.7 Å². The summed E-state index contributed by atoms with van der Waals surface area (Å²) >= 11 is 0. The molecule has 0 saturated heterocycles. The van der Waals surface area contributed by atoms with Crippen molar-refractivity contribution in [3.8, 4) is 0 Å². The predicted molar refractivity (Wildman–Crippen MR) is 61.1 cm³/mol. The highest BCUT2D eigenvalue weighted by Crippen LogP contribution is 2.14. The van der Waals surface area contributed by atoms with Crippen molar-refractivity contribution < 1.29 is 0 Å². The molecule has 0 unspecified atom stereocenters. The normalized spacial score (nSPS) is 13.4. The van der Waals surface area contributed by atoms with Crippen LogP contribution in [0.5, 0.6) is 0 Å². The van der Waals surface area contributed by atoms with Crippen LogP contribution in [-0.2, 0) is 13.5 Å². The fourth-order valence-corrected chi connectivity index (χ4v) is 1.73. The van der Waals surface area contributed by atoms with Crippen LogP contribution in [0.2, 0.25) is 0 Å². The van der Waals surface area contributed by atoms with Crippen molar-refractivity contribution in [2.24, 2.45) is 24.6 Å². The molecule has 0 saturated carbocycles. The van der Waals surface area contributed by atoms with Crippen molar-refractivity contribution in [2.45, 2.75) is 26.7 Å². The Morgan fingerprint density at radius 1 is 1.40 bits per heavy atom. The zero-order valence-corrected chi connectivity index (χ0v) is 9.77. The lowest BCUT2D eigenvalue weighted by molar-refractivity contribution is 0.408. The van der Waals surface area contributed by atoms with E-state index in [9.17, 15) is 0 Å². The molecule has 1 aromatic rings. The van der Waals surface area contributed by atoms with E-state index in [-0.39, 0.29) is 0 Å². The first kappa shape index (κ1) is 12.0. The van der Waals surface area contributed by atoms with Gasteiger partial charge in [-0.05, 0) is 24.8 Å². The third-order valence-corrected chi connectivity index (χ3v) is 2.45. The van der Waals surface area contributed by atoms with Gasteiger partial charge in [0, 0.05) is 13.5 Å². The smallest absolute Gasteiger partial charge is 0.218 e. The summed E-state index contributed by atoms with van der Waals surface area (Å²) in [6.45, 7) is 5.07. The van der Waals surface area contributed by atoms with Crippen molar-refractivity contribution in [2.75, 3.05) is 12.3 Å². The molecule has 86 valence electrons. The molecule has 0 fully saturated rings. The number of hydrogen-bond donors (Lipinski definition) is 2. The summed E-state index contributed by atoms with van der Waals surface area (Å²) in [6.07, 6.45) is 1.92. The molecule has 0 aromatic carbocycles.